The molecule has 4 rings (SSSR count). The van der Waals surface area contributed by atoms with E-state index in [1.54, 1.807) is 6.92 Å². The first-order chi connectivity index (χ1) is 18.1. The number of carbonyl (C=O) groups is 6. The van der Waals surface area contributed by atoms with Crippen molar-refractivity contribution in [3.63, 3.8) is 0 Å². The Hall–Kier alpha value is -1.66. The number of aliphatic carboxylic acids is 1. The number of esters is 3. The second-order valence-electron chi connectivity index (χ2n) is 11.2. The molecule has 40 heavy (non-hydrogen) atoms. The monoisotopic (exact) mass is 650 g/mol. The normalized spacial score (nSPS) is 33.1. The average Bonchev–Trinajstić information content (AvgIpc) is 3.32. The molecule has 2 saturated heterocycles. The molecule has 2 aliphatic heterocycles. The second kappa shape index (κ2) is 12.7. The quantitative estimate of drug-likeness (QED) is 0.192. The summed E-state index contributed by atoms with van der Waals surface area (Å²) in [6.45, 7) is 9.75. The molecule has 2 saturated carbocycles. The highest BCUT2D eigenvalue weighted by Gasteiger charge is 2.77. The number of hydrogen-bond acceptors (Lipinski definition) is 10. The van der Waals surface area contributed by atoms with Crippen LogP contribution in [0.1, 0.15) is 67.2 Å². The third-order valence-electron chi connectivity index (χ3n) is 9.27. The van der Waals surface area contributed by atoms with Crippen LogP contribution in [0.3, 0.4) is 0 Å². The van der Waals surface area contributed by atoms with E-state index in [2.05, 4.69) is 0 Å². The van der Waals surface area contributed by atoms with E-state index in [9.17, 15) is 24.0 Å². The van der Waals surface area contributed by atoms with E-state index in [-0.39, 0.29) is 17.3 Å². The summed E-state index contributed by atoms with van der Waals surface area (Å²) < 4.78 is 15.3. The van der Waals surface area contributed by atoms with Gasteiger partial charge in [-0.3, -0.25) is 19.2 Å². The van der Waals surface area contributed by atoms with Gasteiger partial charge in [-0.25, -0.2) is 9.59 Å². The number of carboxylic acid groups (broad SMARTS) is 1. The molecule has 0 aromatic heterocycles. The van der Waals surface area contributed by atoms with Gasteiger partial charge >= 0.3 is 23.9 Å². The highest BCUT2D eigenvalue weighted by Crippen LogP contribution is 2.67. The van der Waals surface area contributed by atoms with Crippen LogP contribution < -0.4 is 0 Å². The zero-order chi connectivity index (χ0) is 31.5. The fourth-order valence-corrected chi connectivity index (χ4v) is 6.05. The fraction of sp³-hybridized carbons (Fsp3) is 0.760. The minimum Gasteiger partial charge on any atom is -0.480 e. The van der Waals surface area contributed by atoms with Gasteiger partial charge in [0.1, 0.15) is 6.61 Å². The van der Waals surface area contributed by atoms with Crippen LogP contribution in [0.4, 0.5) is 0 Å². The van der Waals surface area contributed by atoms with E-state index >= 15 is 0 Å². The van der Waals surface area contributed by atoms with Gasteiger partial charge in [0.2, 0.25) is 5.60 Å². The molecule has 4 unspecified atom stereocenters. The molecule has 4 bridgehead atoms. The molecule has 0 spiro atoms. The zero-order valence-electron chi connectivity index (χ0n) is 23.0. The Morgan fingerprint density at radius 2 is 1.15 bits per heavy atom. The Kier molecular flexibility index (Phi) is 11.5. The number of halogens is 4. The van der Waals surface area contributed by atoms with Gasteiger partial charge in [-0.1, -0.05) is 27.7 Å². The van der Waals surface area contributed by atoms with Gasteiger partial charge in [0.05, 0.1) is 16.2 Å². The first-order valence-corrected chi connectivity index (χ1v) is 13.9. The summed E-state index contributed by atoms with van der Waals surface area (Å²) in [5, 5.41) is 13.9. The van der Waals surface area contributed by atoms with E-state index in [0.29, 0.717) is 25.7 Å². The van der Waals surface area contributed by atoms with Crippen LogP contribution in [0.25, 0.3) is 0 Å². The molecule has 4 aliphatic rings. The van der Waals surface area contributed by atoms with Crippen molar-refractivity contribution >= 4 is 80.8 Å². The van der Waals surface area contributed by atoms with Crippen molar-refractivity contribution in [3.05, 3.63) is 0 Å². The summed E-state index contributed by atoms with van der Waals surface area (Å²) in [4.78, 5) is 66.8. The van der Waals surface area contributed by atoms with E-state index in [1.807, 2.05) is 34.6 Å². The zero-order valence-corrected chi connectivity index (χ0v) is 26.1. The molecule has 228 valence electrons. The fourth-order valence-electron chi connectivity index (χ4n) is 5.63. The topological polar surface area (TPSA) is 171 Å². The van der Waals surface area contributed by atoms with E-state index in [0.717, 1.165) is 0 Å². The van der Waals surface area contributed by atoms with Crippen LogP contribution in [0.15, 0.2) is 0 Å². The molecular formula is C25H34Cl4O11. The summed E-state index contributed by atoms with van der Waals surface area (Å²) in [5.41, 5.74) is -4.78. The maximum atomic E-state index is 12.1. The lowest BCUT2D eigenvalue weighted by Gasteiger charge is -2.34. The largest absolute Gasteiger partial charge is 0.480 e. The Morgan fingerprint density at radius 1 is 0.800 bits per heavy atom. The summed E-state index contributed by atoms with van der Waals surface area (Å²) in [5.74, 6) is -2.54. The van der Waals surface area contributed by atoms with Crippen molar-refractivity contribution in [1.29, 1.82) is 0 Å². The molecule has 0 aromatic carbocycles. The number of carboxylic acids is 1. The number of alkyl halides is 2. The molecule has 2 N–H and O–H groups in total. The first-order valence-electron chi connectivity index (χ1n) is 12.1. The number of rotatable bonds is 5. The highest BCUT2D eigenvalue weighted by atomic mass is 35.5. The van der Waals surface area contributed by atoms with Crippen molar-refractivity contribution in [1.82, 2.24) is 0 Å². The minimum atomic E-state index is -1.29. The maximum absolute atomic E-state index is 12.1. The maximum Gasteiger partial charge on any atom is 0.351 e. The lowest BCUT2D eigenvalue weighted by atomic mass is 9.66. The summed E-state index contributed by atoms with van der Waals surface area (Å²) in [7, 11) is 0. The van der Waals surface area contributed by atoms with E-state index in [1.165, 1.54) is 0 Å². The van der Waals surface area contributed by atoms with Gasteiger partial charge < -0.3 is 24.4 Å². The third-order valence-corrected chi connectivity index (χ3v) is 9.68. The Balaban J connectivity index is 0.000000322. The third kappa shape index (κ3) is 5.69. The lowest BCUT2D eigenvalue weighted by Crippen LogP contribution is -2.49. The number of aliphatic hydroxyl groups excluding tert-OH is 1. The summed E-state index contributed by atoms with van der Waals surface area (Å²) >= 11 is 20.2. The molecule has 11 nitrogen and oxygen atoms in total. The number of ether oxygens (including phenoxy) is 3. The Morgan fingerprint density at radius 3 is 1.38 bits per heavy atom. The van der Waals surface area contributed by atoms with Crippen molar-refractivity contribution < 1.29 is 53.2 Å². The predicted octanol–water partition coefficient (Wildman–Crippen LogP) is 3.78. The molecule has 2 aliphatic carbocycles. The molecule has 4 atom stereocenters. The predicted molar refractivity (Wildman–Crippen MR) is 144 cm³/mol. The highest BCUT2D eigenvalue weighted by molar-refractivity contribution is 6.66. The number of aliphatic hydroxyl groups is 1. The minimum absolute atomic E-state index is 0.194. The SMILES string of the molecule is CC12CCC(C(=O)Cl)(OC1=O)C2(C)C.CC12CCC(C(=O)OCC(=O)Cl)(OC1=O)C2(C)C.ClCCl.O=C(O)CO. The Labute approximate surface area is 252 Å². The Bertz CT molecular complexity index is 1060. The summed E-state index contributed by atoms with van der Waals surface area (Å²) in [6, 6.07) is 0. The van der Waals surface area contributed by atoms with Crippen LogP contribution in [0, 0.1) is 21.7 Å². The van der Waals surface area contributed by atoms with E-state index in [4.69, 9.17) is 75.6 Å². The van der Waals surface area contributed by atoms with Gasteiger partial charge in [-0.2, -0.15) is 0 Å². The second-order valence-corrected chi connectivity index (χ2v) is 12.8. The van der Waals surface area contributed by atoms with Crippen molar-refractivity contribution in [3.8, 4) is 0 Å². The van der Waals surface area contributed by atoms with Crippen molar-refractivity contribution in [2.24, 2.45) is 21.7 Å². The van der Waals surface area contributed by atoms with Crippen LogP contribution in [-0.4, -0.2) is 74.3 Å². The molecule has 0 aromatic rings. The van der Waals surface area contributed by atoms with Crippen LogP contribution >= 0.6 is 46.4 Å². The summed E-state index contributed by atoms with van der Waals surface area (Å²) in [6.07, 6.45) is 2.21. The van der Waals surface area contributed by atoms with Crippen molar-refractivity contribution in [2.45, 2.75) is 78.4 Å². The van der Waals surface area contributed by atoms with Crippen LogP contribution in [0.5, 0.6) is 0 Å². The first kappa shape index (κ1) is 36.4. The lowest BCUT2D eigenvalue weighted by molar-refractivity contribution is -0.183. The van der Waals surface area contributed by atoms with Crippen LogP contribution in [0.2, 0.25) is 0 Å². The van der Waals surface area contributed by atoms with Gasteiger partial charge in [0.25, 0.3) is 10.5 Å². The van der Waals surface area contributed by atoms with Crippen LogP contribution in [-0.2, 0) is 43.0 Å². The van der Waals surface area contributed by atoms with Crippen molar-refractivity contribution in [2.75, 3.05) is 18.6 Å². The van der Waals surface area contributed by atoms with Gasteiger partial charge in [0.15, 0.2) is 12.2 Å². The molecule has 0 amide bonds. The van der Waals surface area contributed by atoms with E-state index < -0.39 is 68.5 Å². The smallest absolute Gasteiger partial charge is 0.351 e. The number of hydrogen-bond donors (Lipinski definition) is 2. The van der Waals surface area contributed by atoms with Gasteiger partial charge in [-0.15, -0.1) is 23.2 Å². The van der Waals surface area contributed by atoms with Gasteiger partial charge in [-0.05, 0) is 62.7 Å². The molecule has 0 radical (unpaired) electrons. The van der Waals surface area contributed by atoms with Gasteiger partial charge in [0, 0.05) is 10.8 Å². The molecular weight excluding hydrogens is 618 g/mol. The molecule has 4 fully saturated rings. The number of fused-ring (bicyclic) bond motifs is 4. The number of carbonyl (C=O) groups excluding carboxylic acids is 5. The molecule has 15 heteroatoms. The molecule has 2 heterocycles. The standard InChI is InChI=1S/C12H15ClO5.C10H13ClO3.C2H4O3.CH2Cl2/c1-10(2)11(3)4-5-12(10,18-8(11)15)9(16)17-6-7(13)14;1-8(2)9(3)4-5-10(8,6(11)12)14-7(9)13;3-1-2(4)5;2-1-3/h4-6H2,1-3H3;4-5H2,1-3H3;3H,1H2,(H,4,5);1H2. The average molecular weight is 652 g/mol.